The molecule has 0 radical (unpaired) electrons. The first-order valence-electron chi connectivity index (χ1n) is 8.59. The molecule has 0 saturated heterocycles. The van der Waals surface area contributed by atoms with Gasteiger partial charge < -0.3 is 14.8 Å². The zero-order valence-corrected chi connectivity index (χ0v) is 16.1. The third-order valence-electron chi connectivity index (χ3n) is 3.93. The predicted molar refractivity (Wildman–Crippen MR) is 97.5 cm³/mol. The summed E-state index contributed by atoms with van der Waals surface area (Å²) in [6.45, 7) is 2.62. The lowest BCUT2D eigenvalue weighted by molar-refractivity contribution is -0.484. The smallest absolute Gasteiger partial charge is 0.344 e. The topological polar surface area (TPSA) is 168 Å². The van der Waals surface area contributed by atoms with Crippen molar-refractivity contribution in [1.82, 2.24) is 5.32 Å². The van der Waals surface area contributed by atoms with E-state index in [9.17, 15) is 34.6 Å². The first-order chi connectivity index (χ1) is 13.6. The Morgan fingerprint density at radius 3 is 1.86 bits per heavy atom. The molecule has 0 aromatic heterocycles. The number of benzene rings is 1. The SMILES string of the molecule is CCOC(=O)C(NC(C)=O)(C(=O)OCC)C(C[N+](=O)[O-])c1ccc([N+](=O)[O-])cc1. The fourth-order valence-corrected chi connectivity index (χ4v) is 2.79. The van der Waals surface area contributed by atoms with E-state index in [1.807, 2.05) is 0 Å². The molecular formula is C17H21N3O9. The molecule has 0 saturated carbocycles. The second-order valence-electron chi connectivity index (χ2n) is 5.85. The van der Waals surface area contributed by atoms with Crippen LogP contribution in [-0.2, 0) is 23.9 Å². The standard InChI is InChI=1S/C17H21N3O9/c1-4-28-15(22)17(18-11(3)21,16(23)29-5-2)14(10-19(24)25)12-6-8-13(9-7-12)20(26)27/h6-9,14H,4-5,10H2,1-3H3,(H,18,21). The van der Waals surface area contributed by atoms with E-state index < -0.39 is 45.7 Å². The molecule has 0 heterocycles. The van der Waals surface area contributed by atoms with Gasteiger partial charge in [-0.05, 0) is 19.4 Å². The van der Waals surface area contributed by atoms with E-state index in [0.717, 1.165) is 19.1 Å². The van der Waals surface area contributed by atoms with E-state index in [0.29, 0.717) is 0 Å². The maximum Gasteiger partial charge on any atom is 0.344 e. The van der Waals surface area contributed by atoms with Crippen LogP contribution in [0.1, 0.15) is 32.3 Å². The number of hydrogen-bond donors (Lipinski definition) is 1. The van der Waals surface area contributed by atoms with Crippen LogP contribution in [0.3, 0.4) is 0 Å². The molecule has 0 aliphatic carbocycles. The summed E-state index contributed by atoms with van der Waals surface area (Å²) in [5.41, 5.74) is -2.82. The summed E-state index contributed by atoms with van der Waals surface area (Å²) in [7, 11) is 0. The van der Waals surface area contributed by atoms with Crippen molar-refractivity contribution in [2.45, 2.75) is 32.2 Å². The monoisotopic (exact) mass is 411 g/mol. The summed E-state index contributed by atoms with van der Waals surface area (Å²) >= 11 is 0. The number of nitro groups is 2. The molecule has 0 aliphatic rings. The molecule has 0 aliphatic heterocycles. The summed E-state index contributed by atoms with van der Waals surface area (Å²) in [6, 6.07) is 4.47. The molecule has 158 valence electrons. The van der Waals surface area contributed by atoms with E-state index >= 15 is 0 Å². The first-order valence-corrected chi connectivity index (χ1v) is 8.59. The zero-order valence-electron chi connectivity index (χ0n) is 16.1. The number of nitrogens with one attached hydrogen (secondary N) is 1. The largest absolute Gasteiger partial charge is 0.464 e. The van der Waals surface area contributed by atoms with Crippen LogP contribution in [-0.4, -0.2) is 53.0 Å². The molecule has 12 heteroatoms. The number of carbonyl (C=O) groups is 3. The molecule has 1 N–H and O–H groups in total. The van der Waals surface area contributed by atoms with Gasteiger partial charge in [0, 0.05) is 24.0 Å². The number of nitrogens with zero attached hydrogens (tertiary/aromatic N) is 2. The molecule has 0 fully saturated rings. The van der Waals surface area contributed by atoms with Crippen LogP contribution >= 0.6 is 0 Å². The van der Waals surface area contributed by atoms with Crippen LogP contribution in [0.4, 0.5) is 5.69 Å². The van der Waals surface area contributed by atoms with Crippen LogP contribution in [0.5, 0.6) is 0 Å². The normalized spacial score (nSPS) is 11.8. The number of esters is 2. The summed E-state index contributed by atoms with van der Waals surface area (Å²) in [6.07, 6.45) is 0. The van der Waals surface area contributed by atoms with Crippen molar-refractivity contribution in [3.05, 3.63) is 50.1 Å². The van der Waals surface area contributed by atoms with Gasteiger partial charge in [0.05, 0.1) is 24.1 Å². The fraction of sp³-hybridized carbons (Fsp3) is 0.471. The van der Waals surface area contributed by atoms with E-state index in [4.69, 9.17) is 9.47 Å². The molecular weight excluding hydrogens is 390 g/mol. The molecule has 1 aromatic carbocycles. The van der Waals surface area contributed by atoms with Gasteiger partial charge in [0.25, 0.3) is 5.69 Å². The number of ether oxygens (including phenoxy) is 2. The van der Waals surface area contributed by atoms with Crippen molar-refractivity contribution in [3.63, 3.8) is 0 Å². The minimum Gasteiger partial charge on any atom is -0.464 e. The summed E-state index contributed by atoms with van der Waals surface area (Å²) in [4.78, 5) is 58.3. The lowest BCUT2D eigenvalue weighted by Crippen LogP contribution is -2.65. The molecule has 0 bridgehead atoms. The third kappa shape index (κ3) is 5.46. The maximum atomic E-state index is 12.8. The fourth-order valence-electron chi connectivity index (χ4n) is 2.79. The van der Waals surface area contributed by atoms with E-state index in [-0.39, 0.29) is 24.5 Å². The number of hydrogen-bond acceptors (Lipinski definition) is 9. The van der Waals surface area contributed by atoms with Crippen molar-refractivity contribution < 1.29 is 33.7 Å². The van der Waals surface area contributed by atoms with Crippen LogP contribution < -0.4 is 5.32 Å². The van der Waals surface area contributed by atoms with Gasteiger partial charge in [-0.15, -0.1) is 0 Å². The quantitative estimate of drug-likeness (QED) is 0.255. The van der Waals surface area contributed by atoms with E-state index in [1.54, 1.807) is 0 Å². The summed E-state index contributed by atoms with van der Waals surface area (Å²) in [5, 5.41) is 24.4. The Labute approximate surface area is 165 Å². The molecule has 1 atom stereocenters. The lowest BCUT2D eigenvalue weighted by atomic mass is 9.78. The summed E-state index contributed by atoms with van der Waals surface area (Å²) in [5.74, 6) is -4.86. The van der Waals surface area contributed by atoms with Gasteiger partial charge in [0.15, 0.2) is 0 Å². The van der Waals surface area contributed by atoms with Gasteiger partial charge in [0.2, 0.25) is 18.0 Å². The van der Waals surface area contributed by atoms with Gasteiger partial charge in [0.1, 0.15) is 0 Å². The third-order valence-corrected chi connectivity index (χ3v) is 3.93. The highest BCUT2D eigenvalue weighted by molar-refractivity contribution is 6.09. The van der Waals surface area contributed by atoms with Crippen LogP contribution in [0.15, 0.2) is 24.3 Å². The Hall–Kier alpha value is -3.57. The van der Waals surface area contributed by atoms with Gasteiger partial charge in [-0.2, -0.15) is 0 Å². The Morgan fingerprint density at radius 2 is 1.52 bits per heavy atom. The van der Waals surface area contributed by atoms with Crippen molar-refractivity contribution in [1.29, 1.82) is 0 Å². The number of nitro benzene ring substituents is 1. The van der Waals surface area contributed by atoms with Crippen LogP contribution in [0, 0.1) is 20.2 Å². The minimum absolute atomic E-state index is 0.0298. The molecule has 1 unspecified atom stereocenters. The number of non-ortho nitro benzene ring substituents is 1. The van der Waals surface area contributed by atoms with Gasteiger partial charge in [-0.25, -0.2) is 9.59 Å². The molecule has 1 amide bonds. The highest BCUT2D eigenvalue weighted by Gasteiger charge is 2.58. The second-order valence-corrected chi connectivity index (χ2v) is 5.85. The Bertz CT molecular complexity index is 774. The molecule has 29 heavy (non-hydrogen) atoms. The Balaban J connectivity index is 3.73. The molecule has 0 spiro atoms. The van der Waals surface area contributed by atoms with Crippen LogP contribution in [0.2, 0.25) is 0 Å². The van der Waals surface area contributed by atoms with E-state index in [1.165, 1.54) is 26.0 Å². The van der Waals surface area contributed by atoms with E-state index in [2.05, 4.69) is 5.32 Å². The van der Waals surface area contributed by atoms with Crippen molar-refractivity contribution in [3.8, 4) is 0 Å². The van der Waals surface area contributed by atoms with Gasteiger partial charge in [-0.1, -0.05) is 12.1 Å². The second kappa shape index (κ2) is 10.1. The van der Waals surface area contributed by atoms with Crippen molar-refractivity contribution >= 4 is 23.5 Å². The highest BCUT2D eigenvalue weighted by Crippen LogP contribution is 2.33. The molecule has 1 rings (SSSR count). The van der Waals surface area contributed by atoms with Crippen molar-refractivity contribution in [2.24, 2.45) is 0 Å². The van der Waals surface area contributed by atoms with Gasteiger partial charge >= 0.3 is 11.9 Å². The predicted octanol–water partition coefficient (Wildman–Crippen LogP) is 0.956. The first kappa shape index (κ1) is 23.5. The number of carbonyl (C=O) groups excluding carboxylic acids is 3. The molecule has 12 nitrogen and oxygen atoms in total. The van der Waals surface area contributed by atoms with Gasteiger partial charge in [-0.3, -0.25) is 25.0 Å². The molecule has 1 aromatic rings. The highest BCUT2D eigenvalue weighted by atomic mass is 16.6. The minimum atomic E-state index is -2.55. The lowest BCUT2D eigenvalue weighted by Gasteiger charge is -2.34. The Kier molecular flexibility index (Phi) is 8.18. The zero-order chi connectivity index (χ0) is 22.2. The van der Waals surface area contributed by atoms with Crippen molar-refractivity contribution in [2.75, 3.05) is 19.8 Å². The maximum absolute atomic E-state index is 12.8. The summed E-state index contributed by atoms with van der Waals surface area (Å²) < 4.78 is 9.87. The average Bonchev–Trinajstić information content (AvgIpc) is 2.64. The number of rotatable bonds is 10. The average molecular weight is 411 g/mol. The van der Waals surface area contributed by atoms with Crippen LogP contribution in [0.25, 0.3) is 0 Å². The Morgan fingerprint density at radius 1 is 1.03 bits per heavy atom. The number of amides is 1.